The number of hydrogen-bond donors (Lipinski definition) is 0. The smallest absolute Gasteiger partial charge is 0.159 e. The van der Waals surface area contributed by atoms with E-state index in [0.29, 0.717) is 36.5 Å². The Kier molecular flexibility index (Phi) is 18.3. The van der Waals surface area contributed by atoms with E-state index in [1.165, 1.54) is 65.9 Å². The van der Waals surface area contributed by atoms with E-state index in [4.69, 9.17) is 14.2 Å². The second-order valence-corrected chi connectivity index (χ2v) is 31.8. The predicted molar refractivity (Wildman–Crippen MR) is 486 cm³/mol. The predicted octanol–water partition coefficient (Wildman–Crippen LogP) is 26.4. The molecule has 6 aliphatic rings. The number of ketones is 3. The summed E-state index contributed by atoms with van der Waals surface area (Å²) >= 11 is 0. The molecule has 0 aromatic heterocycles. The zero-order chi connectivity index (χ0) is 81.6. The molecule has 0 spiro atoms. The summed E-state index contributed by atoms with van der Waals surface area (Å²) in [6.45, 7) is 12.7. The van der Waals surface area contributed by atoms with E-state index in [2.05, 4.69) is 364 Å². The van der Waals surface area contributed by atoms with Gasteiger partial charge >= 0.3 is 0 Å². The van der Waals surface area contributed by atoms with Gasteiger partial charge in [-0.15, -0.1) is 0 Å². The van der Waals surface area contributed by atoms with E-state index in [0.717, 1.165) is 107 Å². The van der Waals surface area contributed by atoms with Crippen LogP contribution in [0.3, 0.4) is 0 Å². The molecule has 0 atom stereocenters. The summed E-state index contributed by atoms with van der Waals surface area (Å²) in [5.74, 6) is 2.50. The molecule has 0 aliphatic heterocycles. The van der Waals surface area contributed by atoms with Gasteiger partial charge in [0.15, 0.2) is 17.3 Å². The third-order valence-corrected chi connectivity index (χ3v) is 25.5. The molecule has 8 heteroatoms. The van der Waals surface area contributed by atoms with Gasteiger partial charge in [-0.2, -0.15) is 0 Å². The first-order chi connectivity index (χ1) is 58.8. The van der Waals surface area contributed by atoms with Gasteiger partial charge in [0.1, 0.15) is 17.2 Å². The summed E-state index contributed by atoms with van der Waals surface area (Å²) in [7, 11) is 0. The monoisotopic (exact) mass is 1550 g/mol. The van der Waals surface area contributed by atoms with Crippen molar-refractivity contribution in [1.82, 2.24) is 0 Å². The van der Waals surface area contributed by atoms with Crippen LogP contribution in [-0.2, 0) is 21.7 Å². The van der Waals surface area contributed by atoms with E-state index in [1.54, 1.807) is 20.8 Å². The normalized spacial score (nSPS) is 17.1. The summed E-state index contributed by atoms with van der Waals surface area (Å²) in [5, 5.41) is 7.13. The minimum atomic E-state index is -0.936. The van der Waals surface area contributed by atoms with Gasteiger partial charge in [0, 0.05) is 50.8 Å². The minimum absolute atomic E-state index is 0.0206. The van der Waals surface area contributed by atoms with Crippen molar-refractivity contribution >= 4 is 83.8 Å². The fraction of sp³-hybridized carbons (Fsp3) is 0.116. The number of carbonyl (C=O) groups is 3. The number of nitrogens with zero attached hydrogens (tertiary/aromatic N) is 2. The van der Waals surface area contributed by atoms with E-state index < -0.39 is 21.7 Å². The lowest BCUT2D eigenvalue weighted by atomic mass is 9.44. The van der Waals surface area contributed by atoms with Crippen LogP contribution < -0.4 is 24.0 Å². The molecule has 580 valence electrons. The van der Waals surface area contributed by atoms with Crippen molar-refractivity contribution in [2.75, 3.05) is 29.6 Å². The number of Topliss-reactive ketones (excluding diaryl/α,β-unsaturated/α-hetero) is 3. The Morgan fingerprint density at radius 1 is 0.217 bits per heavy atom. The Morgan fingerprint density at radius 3 is 0.825 bits per heavy atom. The quantitative estimate of drug-likeness (QED) is 0.0741. The molecule has 0 amide bonds. The highest BCUT2D eigenvalue weighted by molar-refractivity contribution is 6.00. The van der Waals surface area contributed by atoms with Gasteiger partial charge in [-0.3, -0.25) is 14.4 Å². The molecular formula is C112H86N2O6. The number of para-hydroxylation sites is 1. The van der Waals surface area contributed by atoms with Gasteiger partial charge in [0.2, 0.25) is 0 Å². The second kappa shape index (κ2) is 29.6. The van der Waals surface area contributed by atoms with Crippen molar-refractivity contribution in [3.63, 3.8) is 0 Å². The first-order valence-corrected chi connectivity index (χ1v) is 41.6. The number of rotatable bonds is 19. The van der Waals surface area contributed by atoms with Gasteiger partial charge in [-0.05, 0) is 290 Å². The van der Waals surface area contributed by atoms with Crippen LogP contribution >= 0.6 is 0 Å². The van der Waals surface area contributed by atoms with Gasteiger partial charge in [-0.25, -0.2) is 0 Å². The number of benzene rings is 17. The van der Waals surface area contributed by atoms with Crippen LogP contribution in [0.2, 0.25) is 0 Å². The molecular weight excluding hydrogens is 1470 g/mol. The minimum Gasteiger partial charge on any atom is -0.494 e. The van der Waals surface area contributed by atoms with Crippen molar-refractivity contribution < 1.29 is 28.6 Å². The molecule has 6 aliphatic carbocycles. The molecule has 4 bridgehead atoms. The number of fused-ring (bicyclic) bond motifs is 3. The van der Waals surface area contributed by atoms with Crippen molar-refractivity contribution in [2.45, 2.75) is 63.2 Å². The maximum Gasteiger partial charge on any atom is 0.159 e. The largest absolute Gasteiger partial charge is 0.494 e. The highest BCUT2D eigenvalue weighted by atomic mass is 16.5. The average Bonchev–Trinajstić information content (AvgIpc) is 0.651. The van der Waals surface area contributed by atoms with Crippen molar-refractivity contribution in [2.24, 2.45) is 0 Å². The third-order valence-electron chi connectivity index (χ3n) is 25.5. The highest BCUT2D eigenvalue weighted by Crippen LogP contribution is 2.69. The van der Waals surface area contributed by atoms with E-state index in [-0.39, 0.29) is 17.3 Å². The van der Waals surface area contributed by atoms with Crippen LogP contribution in [0.25, 0.3) is 32.3 Å². The average molecular weight is 1560 g/mol. The standard InChI is InChI=1S/C58H47NO3.C54H39NO3/c1-4-60-48-30-33-53-54(36-48)57(43-18-8-7-9-19-43)51-31-28-49(61-5-2)37-55(51)58(53,56-38-50(62-6-3)29-32-52(56)57)44-22-26-45(27-23-44)59(46-24-20-39-14-10-12-16-41(39)34-46)47-25-21-40-15-11-13-17-42(40)35-47;1-34(56)38-23-27-48-50(30-38)53(42-15-6-4-7-16-42)47-26-22-40(36(3)58)32-52(47)54(48,49-28-24-39(35(2)57)31-51(49)53)43-17-12-20-45(33-43)55(44-18-8-5-9-19-44)46-25-21-37-13-10-11-14-41(37)29-46/h7-38H,4-6H2,1-3H3;4-33H,1-3H3. The van der Waals surface area contributed by atoms with Gasteiger partial charge in [0.25, 0.3) is 0 Å². The van der Waals surface area contributed by atoms with E-state index in [1.807, 2.05) is 42.5 Å². The fourth-order valence-corrected chi connectivity index (χ4v) is 20.6. The second-order valence-electron chi connectivity index (χ2n) is 31.8. The van der Waals surface area contributed by atoms with Crippen molar-refractivity contribution in [1.29, 1.82) is 0 Å². The Bertz CT molecular complexity index is 6770. The SMILES string of the molecule is CC(=O)c1ccc2c(c1)C1(c3cccc(N(c4ccccc4)c4ccc5ccccc5c4)c3)c3ccc(C(C)=O)cc3C2(c2ccccc2)c2cc(C(C)=O)ccc21.CCOc1ccc2c(c1)C1(c3ccccc3)c3ccc(OCC)cc3C2(c2ccc(N(c3ccc4ccccc4c3)c3ccc4ccccc4c3)cc2)c2cc(OCC)ccc21. The Morgan fingerprint density at radius 2 is 0.475 bits per heavy atom. The first-order valence-electron chi connectivity index (χ1n) is 41.6. The molecule has 23 rings (SSSR count). The van der Waals surface area contributed by atoms with Gasteiger partial charge < -0.3 is 24.0 Å². The maximum atomic E-state index is 13.3. The molecule has 0 radical (unpaired) electrons. The van der Waals surface area contributed by atoms with Crippen LogP contribution in [0.1, 0.15) is 162 Å². The Balaban J connectivity index is 0.000000154. The topological polar surface area (TPSA) is 85.4 Å². The highest BCUT2D eigenvalue weighted by Gasteiger charge is 2.63. The molecule has 8 nitrogen and oxygen atoms in total. The van der Waals surface area contributed by atoms with Crippen LogP contribution in [0.15, 0.2) is 376 Å². The van der Waals surface area contributed by atoms with Crippen molar-refractivity contribution in [3.8, 4) is 17.2 Å². The number of hydrogen-bond acceptors (Lipinski definition) is 8. The van der Waals surface area contributed by atoms with E-state index in [9.17, 15) is 14.4 Å². The summed E-state index contributed by atoms with van der Waals surface area (Å²) in [4.78, 5) is 44.5. The van der Waals surface area contributed by atoms with Crippen LogP contribution in [-0.4, -0.2) is 37.2 Å². The van der Waals surface area contributed by atoms with Crippen LogP contribution in [0, 0.1) is 0 Å². The fourth-order valence-electron chi connectivity index (χ4n) is 20.6. The van der Waals surface area contributed by atoms with Crippen LogP contribution in [0.4, 0.5) is 34.1 Å². The van der Waals surface area contributed by atoms with E-state index >= 15 is 0 Å². The summed E-state index contributed by atoms with van der Waals surface area (Å²) < 4.78 is 19.0. The molecule has 0 N–H and O–H groups in total. The maximum absolute atomic E-state index is 13.3. The summed E-state index contributed by atoms with van der Waals surface area (Å²) in [5.41, 5.74) is 22.7. The van der Waals surface area contributed by atoms with Crippen LogP contribution in [0.5, 0.6) is 17.2 Å². The molecule has 0 heterocycles. The van der Waals surface area contributed by atoms with Crippen molar-refractivity contribution in [3.05, 3.63) is 482 Å². The lowest BCUT2D eigenvalue weighted by Crippen LogP contribution is -2.52. The molecule has 0 saturated carbocycles. The number of anilines is 6. The lowest BCUT2D eigenvalue weighted by Gasteiger charge is -2.57. The number of ether oxygens (including phenoxy) is 3. The molecule has 17 aromatic rings. The zero-order valence-corrected chi connectivity index (χ0v) is 67.8. The molecule has 0 fully saturated rings. The Hall–Kier alpha value is -14.5. The first kappa shape index (κ1) is 74.4. The van der Waals surface area contributed by atoms with Gasteiger partial charge in [0.05, 0.1) is 41.5 Å². The molecule has 0 unspecified atom stereocenters. The molecule has 0 saturated heterocycles. The van der Waals surface area contributed by atoms with Gasteiger partial charge in [-0.1, -0.05) is 249 Å². The zero-order valence-electron chi connectivity index (χ0n) is 67.8. The Labute approximate surface area is 699 Å². The lowest BCUT2D eigenvalue weighted by molar-refractivity contribution is 0.100. The third kappa shape index (κ3) is 11.4. The molecule has 17 aromatic carbocycles. The molecule has 120 heavy (non-hydrogen) atoms. The summed E-state index contributed by atoms with van der Waals surface area (Å²) in [6, 6.07) is 134. The summed E-state index contributed by atoms with van der Waals surface area (Å²) in [6.07, 6.45) is 0. The number of carbonyl (C=O) groups excluding carboxylic acids is 3.